The molecule has 1 aromatic carbocycles. The summed E-state index contributed by atoms with van der Waals surface area (Å²) in [6.07, 6.45) is 2.42. The number of carbonyl (C=O) groups excluding carboxylic acids is 1. The van der Waals surface area contributed by atoms with E-state index in [0.717, 1.165) is 17.8 Å². The molecule has 98 valence electrons. The van der Waals surface area contributed by atoms with Gasteiger partial charge >= 0.3 is 0 Å². The lowest BCUT2D eigenvalue weighted by Gasteiger charge is -2.08. The van der Waals surface area contributed by atoms with Crippen molar-refractivity contribution in [2.75, 3.05) is 5.32 Å². The summed E-state index contributed by atoms with van der Waals surface area (Å²) >= 11 is 6.05. The van der Waals surface area contributed by atoms with E-state index in [-0.39, 0.29) is 5.91 Å². The van der Waals surface area contributed by atoms with Crippen LogP contribution in [-0.2, 0) is 6.42 Å². The van der Waals surface area contributed by atoms with Crippen molar-refractivity contribution < 1.29 is 4.79 Å². The lowest BCUT2D eigenvalue weighted by Crippen LogP contribution is -2.13. The number of amides is 1. The molecule has 0 saturated carbocycles. The number of hydrogen-bond acceptors (Lipinski definition) is 2. The molecule has 1 N–H and O–H groups in total. The Balaban J connectivity index is 2.20. The van der Waals surface area contributed by atoms with Crippen LogP contribution in [-0.4, -0.2) is 10.9 Å². The van der Waals surface area contributed by atoms with Gasteiger partial charge in [-0.3, -0.25) is 9.78 Å². The van der Waals surface area contributed by atoms with E-state index in [2.05, 4.69) is 17.2 Å². The molecule has 0 atom stereocenters. The maximum atomic E-state index is 12.1. The van der Waals surface area contributed by atoms with Gasteiger partial charge in [0, 0.05) is 17.6 Å². The Morgan fingerprint density at radius 3 is 2.84 bits per heavy atom. The molecule has 0 aliphatic carbocycles. The van der Waals surface area contributed by atoms with Crippen molar-refractivity contribution in [2.45, 2.75) is 20.3 Å². The maximum Gasteiger partial charge on any atom is 0.258 e. The van der Waals surface area contributed by atoms with Gasteiger partial charge in [-0.05, 0) is 37.1 Å². The molecule has 2 aromatic rings. The molecule has 1 amide bonds. The first kappa shape index (κ1) is 13.6. The Morgan fingerprint density at radius 1 is 1.37 bits per heavy atom. The highest BCUT2D eigenvalue weighted by Gasteiger charge is 2.11. The highest BCUT2D eigenvalue weighted by molar-refractivity contribution is 6.34. The van der Waals surface area contributed by atoms with Crippen LogP contribution in [0.4, 0.5) is 5.69 Å². The molecule has 0 saturated heterocycles. The molecular weight excluding hydrogens is 260 g/mol. The number of aromatic nitrogens is 1. The normalized spacial score (nSPS) is 10.3. The summed E-state index contributed by atoms with van der Waals surface area (Å²) in [4.78, 5) is 16.2. The van der Waals surface area contributed by atoms with E-state index in [0.29, 0.717) is 10.6 Å². The van der Waals surface area contributed by atoms with Crippen molar-refractivity contribution in [3.63, 3.8) is 0 Å². The first-order valence-corrected chi connectivity index (χ1v) is 6.50. The fourth-order valence-electron chi connectivity index (χ4n) is 1.76. The molecule has 2 rings (SSSR count). The Hall–Kier alpha value is -1.87. The van der Waals surface area contributed by atoms with Gasteiger partial charge in [0.2, 0.25) is 0 Å². The quantitative estimate of drug-likeness (QED) is 0.923. The van der Waals surface area contributed by atoms with E-state index in [1.807, 2.05) is 31.2 Å². The first-order valence-electron chi connectivity index (χ1n) is 6.12. The number of nitrogens with zero attached hydrogens (tertiary/aromatic N) is 1. The topological polar surface area (TPSA) is 42.0 Å². The summed E-state index contributed by atoms with van der Waals surface area (Å²) in [5.41, 5.74) is 3.11. The van der Waals surface area contributed by atoms with Crippen LogP contribution in [0.1, 0.15) is 28.5 Å². The van der Waals surface area contributed by atoms with E-state index in [9.17, 15) is 4.79 Å². The molecule has 0 fully saturated rings. The van der Waals surface area contributed by atoms with Crippen LogP contribution in [0.15, 0.2) is 36.5 Å². The van der Waals surface area contributed by atoms with E-state index in [1.54, 1.807) is 6.07 Å². The third-order valence-corrected chi connectivity index (χ3v) is 3.14. The number of aryl methyl sites for hydroxylation is 2. The van der Waals surface area contributed by atoms with Crippen LogP contribution < -0.4 is 5.32 Å². The standard InChI is InChI=1S/C15H15ClN2O/c1-3-11-5-4-6-12(8-11)18-15(19)13-9-17-10(2)7-14(13)16/h4-9H,3H2,1-2H3,(H,18,19). The summed E-state index contributed by atoms with van der Waals surface area (Å²) in [7, 11) is 0. The van der Waals surface area contributed by atoms with Crippen LogP contribution in [0.2, 0.25) is 5.02 Å². The summed E-state index contributed by atoms with van der Waals surface area (Å²) in [6.45, 7) is 3.90. The number of carbonyl (C=O) groups is 1. The predicted molar refractivity (Wildman–Crippen MR) is 77.8 cm³/mol. The maximum absolute atomic E-state index is 12.1. The smallest absolute Gasteiger partial charge is 0.258 e. The average molecular weight is 275 g/mol. The highest BCUT2D eigenvalue weighted by Crippen LogP contribution is 2.18. The van der Waals surface area contributed by atoms with Gasteiger partial charge in [0.15, 0.2) is 0 Å². The lowest BCUT2D eigenvalue weighted by atomic mass is 10.1. The van der Waals surface area contributed by atoms with Gasteiger partial charge in [-0.1, -0.05) is 30.7 Å². The van der Waals surface area contributed by atoms with Crippen LogP contribution >= 0.6 is 11.6 Å². The number of rotatable bonds is 3. The zero-order valence-corrected chi connectivity index (χ0v) is 11.7. The van der Waals surface area contributed by atoms with Gasteiger partial charge in [0.1, 0.15) is 0 Å². The van der Waals surface area contributed by atoms with Gasteiger partial charge in [-0.2, -0.15) is 0 Å². The van der Waals surface area contributed by atoms with Crippen molar-refractivity contribution in [3.05, 3.63) is 58.4 Å². The number of anilines is 1. The Morgan fingerprint density at radius 2 is 2.16 bits per heavy atom. The largest absolute Gasteiger partial charge is 0.322 e. The molecule has 19 heavy (non-hydrogen) atoms. The molecule has 0 aliphatic heterocycles. The number of nitrogens with one attached hydrogen (secondary N) is 1. The Kier molecular flexibility index (Phi) is 4.17. The van der Waals surface area contributed by atoms with Crippen LogP contribution in [0.3, 0.4) is 0 Å². The minimum atomic E-state index is -0.245. The molecule has 0 aliphatic rings. The zero-order chi connectivity index (χ0) is 13.8. The van der Waals surface area contributed by atoms with Crippen LogP contribution in [0, 0.1) is 6.92 Å². The molecule has 1 heterocycles. The monoisotopic (exact) mass is 274 g/mol. The molecule has 0 bridgehead atoms. The summed E-state index contributed by atoms with van der Waals surface area (Å²) < 4.78 is 0. The number of benzene rings is 1. The Bertz CT molecular complexity index is 611. The summed E-state index contributed by atoms with van der Waals surface area (Å²) in [6, 6.07) is 9.43. The number of hydrogen-bond donors (Lipinski definition) is 1. The second-order valence-electron chi connectivity index (χ2n) is 4.31. The van der Waals surface area contributed by atoms with Gasteiger partial charge in [-0.25, -0.2) is 0 Å². The fraction of sp³-hybridized carbons (Fsp3) is 0.200. The highest BCUT2D eigenvalue weighted by atomic mass is 35.5. The number of pyridine rings is 1. The molecule has 0 unspecified atom stereocenters. The average Bonchev–Trinajstić information content (AvgIpc) is 2.38. The van der Waals surface area contributed by atoms with Crippen LogP contribution in [0.5, 0.6) is 0 Å². The first-order chi connectivity index (χ1) is 9.10. The second-order valence-corrected chi connectivity index (χ2v) is 4.72. The van der Waals surface area contributed by atoms with E-state index >= 15 is 0 Å². The minimum absolute atomic E-state index is 0.245. The van der Waals surface area contributed by atoms with Crippen molar-refractivity contribution in [2.24, 2.45) is 0 Å². The van der Waals surface area contributed by atoms with Gasteiger partial charge < -0.3 is 5.32 Å². The predicted octanol–water partition coefficient (Wildman–Crippen LogP) is 3.86. The number of halogens is 1. The zero-order valence-electron chi connectivity index (χ0n) is 10.9. The van der Waals surface area contributed by atoms with E-state index in [1.165, 1.54) is 11.8 Å². The van der Waals surface area contributed by atoms with Crippen LogP contribution in [0.25, 0.3) is 0 Å². The fourth-order valence-corrected chi connectivity index (χ4v) is 2.05. The summed E-state index contributed by atoms with van der Waals surface area (Å²) in [5.74, 6) is -0.245. The second kappa shape index (κ2) is 5.85. The van der Waals surface area contributed by atoms with Crippen molar-refractivity contribution in [1.82, 2.24) is 4.98 Å². The van der Waals surface area contributed by atoms with E-state index < -0.39 is 0 Å². The molecule has 0 spiro atoms. The minimum Gasteiger partial charge on any atom is -0.322 e. The van der Waals surface area contributed by atoms with Gasteiger partial charge in [-0.15, -0.1) is 0 Å². The SMILES string of the molecule is CCc1cccc(NC(=O)c2cnc(C)cc2Cl)c1. The van der Waals surface area contributed by atoms with E-state index in [4.69, 9.17) is 11.6 Å². The van der Waals surface area contributed by atoms with Gasteiger partial charge in [0.25, 0.3) is 5.91 Å². The Labute approximate surface area is 117 Å². The molecule has 1 aromatic heterocycles. The lowest BCUT2D eigenvalue weighted by molar-refractivity contribution is 0.102. The molecule has 3 nitrogen and oxygen atoms in total. The van der Waals surface area contributed by atoms with Gasteiger partial charge in [0.05, 0.1) is 10.6 Å². The molecule has 4 heteroatoms. The third-order valence-electron chi connectivity index (χ3n) is 2.83. The molecular formula is C15H15ClN2O. The van der Waals surface area contributed by atoms with Crippen molar-refractivity contribution in [1.29, 1.82) is 0 Å². The van der Waals surface area contributed by atoms with Crippen molar-refractivity contribution >= 4 is 23.2 Å². The van der Waals surface area contributed by atoms with Crippen molar-refractivity contribution in [3.8, 4) is 0 Å². The third kappa shape index (κ3) is 3.32. The molecule has 0 radical (unpaired) electrons. The summed E-state index contributed by atoms with van der Waals surface area (Å²) in [5, 5.41) is 3.24.